The van der Waals surface area contributed by atoms with Crippen LogP contribution in [0.15, 0.2) is 70.9 Å². The number of hydrogen-bond acceptors (Lipinski definition) is 2. The highest BCUT2D eigenvalue weighted by Crippen LogP contribution is 2.77. The first-order valence-corrected chi connectivity index (χ1v) is 9.20. The van der Waals surface area contributed by atoms with Crippen molar-refractivity contribution in [3.05, 3.63) is 71.8 Å². The van der Waals surface area contributed by atoms with E-state index in [0.717, 1.165) is 0 Å². The average molecular weight is 316 g/mol. The molecule has 0 spiro atoms. The van der Waals surface area contributed by atoms with Crippen LogP contribution < -0.4 is 0 Å². The number of rotatable bonds is 2. The van der Waals surface area contributed by atoms with Crippen molar-refractivity contribution in [2.24, 2.45) is 27.5 Å². The zero-order valence-electron chi connectivity index (χ0n) is 14.4. The highest BCUT2D eigenvalue weighted by atomic mass is 15.3. The summed E-state index contributed by atoms with van der Waals surface area (Å²) < 4.78 is 0. The second kappa shape index (κ2) is 4.56. The van der Waals surface area contributed by atoms with Crippen LogP contribution in [0, 0.1) is 17.3 Å². The molecule has 2 fully saturated rings. The number of nitrogens with zero attached hydrogens (tertiary/aromatic N) is 2. The Labute approximate surface area is 144 Å². The maximum Gasteiger partial charge on any atom is 0.117 e. The Kier molecular flexibility index (Phi) is 2.73. The Morgan fingerprint density at radius 3 is 1.54 bits per heavy atom. The lowest BCUT2D eigenvalue weighted by atomic mass is 9.61. The molecule has 0 radical (unpaired) electrons. The van der Waals surface area contributed by atoms with E-state index in [0.29, 0.717) is 11.8 Å². The van der Waals surface area contributed by atoms with Gasteiger partial charge in [0.05, 0.1) is 0 Å². The Balaban J connectivity index is 1.80. The summed E-state index contributed by atoms with van der Waals surface area (Å²) in [4.78, 5) is 0. The second-order valence-corrected chi connectivity index (χ2v) is 8.23. The van der Waals surface area contributed by atoms with E-state index in [9.17, 15) is 0 Å². The van der Waals surface area contributed by atoms with Crippen LogP contribution >= 0.6 is 0 Å². The highest BCUT2D eigenvalue weighted by molar-refractivity contribution is 5.45. The molecular weight excluding hydrogens is 292 g/mol. The molecule has 0 aromatic heterocycles. The van der Waals surface area contributed by atoms with E-state index in [4.69, 9.17) is 10.2 Å². The van der Waals surface area contributed by atoms with Gasteiger partial charge in [-0.2, -0.15) is 10.2 Å². The molecular formula is C22H24N2. The van der Waals surface area contributed by atoms with Gasteiger partial charge in [-0.15, -0.1) is 0 Å². The standard InChI is InChI=1S/C22H24N2/c1-20(2)21(16-10-5-3-6-11-16)18-14-9-15-19(18)22(20,24-23-21)17-12-7-4-8-13-17/h3-8,10-13,18-19H,9,14-15H2,1-2H3/t18-,19+,21+,22-. The molecule has 0 saturated heterocycles. The van der Waals surface area contributed by atoms with Gasteiger partial charge in [-0.05, 0) is 35.8 Å². The van der Waals surface area contributed by atoms with Gasteiger partial charge in [-0.3, -0.25) is 0 Å². The molecule has 0 N–H and O–H groups in total. The Hall–Kier alpha value is -1.96. The van der Waals surface area contributed by atoms with E-state index in [1.807, 2.05) is 0 Å². The Morgan fingerprint density at radius 2 is 1.12 bits per heavy atom. The van der Waals surface area contributed by atoms with Crippen molar-refractivity contribution in [3.63, 3.8) is 0 Å². The monoisotopic (exact) mass is 316 g/mol. The molecule has 24 heavy (non-hydrogen) atoms. The van der Waals surface area contributed by atoms with Crippen LogP contribution in [-0.2, 0) is 11.1 Å². The smallest absolute Gasteiger partial charge is 0.117 e. The second-order valence-electron chi connectivity index (χ2n) is 8.23. The van der Waals surface area contributed by atoms with Gasteiger partial charge in [-0.25, -0.2) is 0 Å². The van der Waals surface area contributed by atoms with Gasteiger partial charge in [0.2, 0.25) is 0 Å². The van der Waals surface area contributed by atoms with Crippen LogP contribution in [0.1, 0.15) is 44.2 Å². The van der Waals surface area contributed by atoms with E-state index in [1.54, 1.807) is 0 Å². The summed E-state index contributed by atoms with van der Waals surface area (Å²) in [6.45, 7) is 4.82. The van der Waals surface area contributed by atoms with Crippen LogP contribution in [0.2, 0.25) is 0 Å². The van der Waals surface area contributed by atoms with Crippen LogP contribution in [0.4, 0.5) is 0 Å². The first-order chi connectivity index (χ1) is 11.6. The lowest BCUT2D eigenvalue weighted by Crippen LogP contribution is -2.44. The van der Waals surface area contributed by atoms with E-state index in [-0.39, 0.29) is 16.5 Å². The zero-order valence-corrected chi connectivity index (χ0v) is 14.4. The first kappa shape index (κ1) is 14.4. The largest absolute Gasteiger partial charge is 0.181 e. The molecule has 4 atom stereocenters. The number of fused-ring (bicyclic) bond motifs is 5. The van der Waals surface area contributed by atoms with Gasteiger partial charge in [0.15, 0.2) is 0 Å². The molecule has 122 valence electrons. The van der Waals surface area contributed by atoms with Gasteiger partial charge in [0, 0.05) is 5.41 Å². The van der Waals surface area contributed by atoms with Crippen molar-refractivity contribution in [1.29, 1.82) is 0 Å². The van der Waals surface area contributed by atoms with Crippen molar-refractivity contribution < 1.29 is 0 Å². The summed E-state index contributed by atoms with van der Waals surface area (Å²) in [7, 11) is 0. The maximum absolute atomic E-state index is 5.07. The minimum Gasteiger partial charge on any atom is -0.181 e. The minimum absolute atomic E-state index is 0.0154. The normalized spacial score (nSPS) is 38.4. The fraction of sp³-hybridized carbons (Fsp3) is 0.455. The molecule has 0 unspecified atom stereocenters. The van der Waals surface area contributed by atoms with E-state index in [1.165, 1.54) is 30.4 Å². The summed E-state index contributed by atoms with van der Waals surface area (Å²) >= 11 is 0. The molecule has 3 aliphatic rings. The van der Waals surface area contributed by atoms with Crippen molar-refractivity contribution in [2.75, 3.05) is 0 Å². The molecule has 2 bridgehead atoms. The third kappa shape index (κ3) is 1.36. The molecule has 2 aromatic rings. The van der Waals surface area contributed by atoms with Crippen LogP contribution in [0.3, 0.4) is 0 Å². The predicted molar refractivity (Wildman–Crippen MR) is 95.7 cm³/mol. The fourth-order valence-electron chi connectivity index (χ4n) is 6.38. The molecule has 2 heteroatoms. The van der Waals surface area contributed by atoms with Gasteiger partial charge in [0.25, 0.3) is 0 Å². The molecule has 2 saturated carbocycles. The van der Waals surface area contributed by atoms with Crippen molar-refractivity contribution in [2.45, 2.75) is 44.2 Å². The predicted octanol–water partition coefficient (Wildman–Crippen LogP) is 5.70. The Bertz CT molecular complexity index is 730. The van der Waals surface area contributed by atoms with Crippen LogP contribution in [0.25, 0.3) is 0 Å². The fourth-order valence-corrected chi connectivity index (χ4v) is 6.38. The van der Waals surface area contributed by atoms with Gasteiger partial charge in [0.1, 0.15) is 11.1 Å². The van der Waals surface area contributed by atoms with E-state index >= 15 is 0 Å². The third-order valence-corrected chi connectivity index (χ3v) is 7.29. The molecule has 2 aromatic carbocycles. The van der Waals surface area contributed by atoms with Gasteiger partial charge < -0.3 is 0 Å². The van der Waals surface area contributed by atoms with Crippen LogP contribution in [-0.4, -0.2) is 0 Å². The zero-order chi connectivity index (χ0) is 16.4. The minimum atomic E-state index is -0.175. The van der Waals surface area contributed by atoms with Gasteiger partial charge >= 0.3 is 0 Å². The van der Waals surface area contributed by atoms with Crippen molar-refractivity contribution in [3.8, 4) is 0 Å². The van der Waals surface area contributed by atoms with Crippen LogP contribution in [0.5, 0.6) is 0 Å². The highest BCUT2D eigenvalue weighted by Gasteiger charge is 2.78. The average Bonchev–Trinajstić information content (AvgIpc) is 3.24. The molecule has 2 aliphatic carbocycles. The number of azo groups is 1. The molecule has 2 nitrogen and oxygen atoms in total. The lowest BCUT2D eigenvalue weighted by Gasteiger charge is -2.41. The quantitative estimate of drug-likeness (QED) is 0.679. The molecule has 1 aliphatic heterocycles. The lowest BCUT2D eigenvalue weighted by molar-refractivity contribution is 0.140. The van der Waals surface area contributed by atoms with E-state index in [2.05, 4.69) is 74.5 Å². The van der Waals surface area contributed by atoms with E-state index < -0.39 is 0 Å². The van der Waals surface area contributed by atoms with Crippen molar-refractivity contribution in [1.82, 2.24) is 0 Å². The molecule has 0 amide bonds. The molecule has 1 heterocycles. The summed E-state index contributed by atoms with van der Waals surface area (Å²) in [6, 6.07) is 21.9. The summed E-state index contributed by atoms with van der Waals surface area (Å²) in [5.41, 5.74) is 2.34. The van der Waals surface area contributed by atoms with Gasteiger partial charge in [-0.1, -0.05) is 80.9 Å². The summed E-state index contributed by atoms with van der Waals surface area (Å²) in [6.07, 6.45) is 3.85. The third-order valence-electron chi connectivity index (χ3n) is 7.29. The maximum atomic E-state index is 5.07. The topological polar surface area (TPSA) is 24.7 Å². The number of benzene rings is 2. The molecule has 5 rings (SSSR count). The number of hydrogen-bond donors (Lipinski definition) is 0. The Morgan fingerprint density at radius 1 is 0.708 bits per heavy atom. The van der Waals surface area contributed by atoms with Crippen molar-refractivity contribution >= 4 is 0 Å². The first-order valence-electron chi connectivity index (χ1n) is 9.20. The summed E-state index contributed by atoms with van der Waals surface area (Å²) in [5, 5.41) is 10.1. The SMILES string of the molecule is CC1(C)[C@]2(c3ccccc3)N=N[C@@]1(c1ccccc1)[C@@H]1CCC[C@@H]12. The summed E-state index contributed by atoms with van der Waals surface area (Å²) in [5.74, 6) is 1.21.